The van der Waals surface area contributed by atoms with Crippen LogP contribution in [0.3, 0.4) is 0 Å². The number of fused-ring (bicyclic) bond motifs is 1. The van der Waals surface area contributed by atoms with Crippen molar-refractivity contribution >= 4 is 50.3 Å². The summed E-state index contributed by atoms with van der Waals surface area (Å²) >= 11 is 9.27. The van der Waals surface area contributed by atoms with Gasteiger partial charge in [0.25, 0.3) is 11.5 Å². The number of halogens is 2. The number of amides is 1. The zero-order valence-electron chi connectivity index (χ0n) is 16.3. The molecule has 2 N–H and O–H groups in total. The van der Waals surface area contributed by atoms with Gasteiger partial charge in [0.2, 0.25) is 5.95 Å². The minimum Gasteiger partial charge on any atom is -0.444 e. The summed E-state index contributed by atoms with van der Waals surface area (Å²) < 4.78 is 8.56. The molecular weight excluding hydrogens is 502 g/mol. The topological polar surface area (TPSA) is 124 Å². The predicted octanol–water partition coefficient (Wildman–Crippen LogP) is 3.86. The van der Waals surface area contributed by atoms with E-state index in [1.807, 2.05) is 0 Å². The zero-order valence-corrected chi connectivity index (χ0v) is 18.7. The number of aryl methyl sites for hydroxylation is 1. The number of carbonyl (C=O) groups excluding carboxylic acids is 1. The highest BCUT2D eigenvalue weighted by atomic mass is 79.9. The Kier molecular flexibility index (Phi) is 4.91. The van der Waals surface area contributed by atoms with Gasteiger partial charge in [-0.1, -0.05) is 17.7 Å². The van der Waals surface area contributed by atoms with Crippen molar-refractivity contribution in [1.82, 2.24) is 29.5 Å². The second-order valence-electron chi connectivity index (χ2n) is 6.80. The molecule has 0 bridgehead atoms. The fraction of sp³-hybridized carbons (Fsp3) is 0.0500. The van der Waals surface area contributed by atoms with Gasteiger partial charge in [0.15, 0.2) is 16.1 Å². The number of nitrogens with one attached hydrogen (secondary N) is 2. The molecule has 4 heterocycles. The Balaban J connectivity index is 1.60. The van der Waals surface area contributed by atoms with Crippen LogP contribution in [0.15, 0.2) is 62.5 Å². The summed E-state index contributed by atoms with van der Waals surface area (Å²) in [5.74, 6) is 0.0362. The van der Waals surface area contributed by atoms with E-state index in [1.54, 1.807) is 43.3 Å². The number of H-pyrrole nitrogens is 1. The molecule has 4 aromatic heterocycles. The average molecular weight is 515 g/mol. The Hall–Kier alpha value is -3.70. The fourth-order valence-electron chi connectivity index (χ4n) is 3.17. The van der Waals surface area contributed by atoms with E-state index in [0.29, 0.717) is 37.9 Å². The van der Waals surface area contributed by atoms with Crippen LogP contribution in [0.1, 0.15) is 16.2 Å². The van der Waals surface area contributed by atoms with Crippen LogP contribution >= 0.6 is 27.5 Å². The van der Waals surface area contributed by atoms with Crippen molar-refractivity contribution < 1.29 is 9.21 Å². The molecule has 0 atom stereocenters. The van der Waals surface area contributed by atoms with Crippen molar-refractivity contribution in [2.45, 2.75) is 6.92 Å². The molecule has 0 unspecified atom stereocenters. The van der Waals surface area contributed by atoms with Crippen molar-refractivity contribution in [1.29, 1.82) is 0 Å². The van der Waals surface area contributed by atoms with Crippen LogP contribution in [0.5, 0.6) is 0 Å². The number of furan rings is 1. The van der Waals surface area contributed by atoms with Crippen LogP contribution in [0, 0.1) is 6.92 Å². The third-order valence-electron chi connectivity index (χ3n) is 4.55. The summed E-state index contributed by atoms with van der Waals surface area (Å²) in [6.07, 6.45) is 1.43. The van der Waals surface area contributed by atoms with E-state index in [0.717, 1.165) is 0 Å². The molecule has 0 saturated carbocycles. The first kappa shape index (κ1) is 20.2. The molecule has 1 aromatic carbocycles. The molecule has 5 rings (SSSR count). The standard InChI is InChI=1S/C20H13BrClN7O3/c1-10-7-16(24-19(31)14-5-6-15(21)32-14)29(27-10)20-25-17-13(18(30)26-20)9-23-28(17)12-4-2-3-11(22)8-12/h2-9H,1H3,(H,24,31)(H,25,26,30). The van der Waals surface area contributed by atoms with Crippen molar-refractivity contribution in [2.24, 2.45) is 0 Å². The number of benzene rings is 1. The van der Waals surface area contributed by atoms with Crippen LogP contribution < -0.4 is 10.9 Å². The average Bonchev–Trinajstić information content (AvgIpc) is 3.46. The van der Waals surface area contributed by atoms with Crippen molar-refractivity contribution in [3.63, 3.8) is 0 Å². The van der Waals surface area contributed by atoms with Gasteiger partial charge in [-0.05, 0) is 53.2 Å². The highest BCUT2D eigenvalue weighted by molar-refractivity contribution is 9.10. The molecular formula is C20H13BrClN7O3. The summed E-state index contributed by atoms with van der Waals surface area (Å²) in [4.78, 5) is 32.5. The molecule has 0 radical (unpaired) electrons. The van der Waals surface area contributed by atoms with Gasteiger partial charge in [-0.3, -0.25) is 14.6 Å². The molecule has 0 aliphatic heterocycles. The molecule has 5 aromatic rings. The maximum absolute atomic E-state index is 12.7. The van der Waals surface area contributed by atoms with Crippen molar-refractivity contribution in [3.8, 4) is 11.6 Å². The Bertz CT molecular complexity index is 1550. The number of nitrogens with zero attached hydrogens (tertiary/aromatic N) is 5. The summed E-state index contributed by atoms with van der Waals surface area (Å²) in [5.41, 5.74) is 1.15. The van der Waals surface area contributed by atoms with Crippen LogP contribution in [0.2, 0.25) is 5.02 Å². The van der Waals surface area contributed by atoms with Crippen LogP contribution in [0.4, 0.5) is 5.82 Å². The monoisotopic (exact) mass is 513 g/mol. The van der Waals surface area contributed by atoms with E-state index in [9.17, 15) is 9.59 Å². The lowest BCUT2D eigenvalue weighted by Crippen LogP contribution is -2.19. The molecule has 0 saturated heterocycles. The Labute approximate surface area is 193 Å². The minimum absolute atomic E-state index is 0.107. The van der Waals surface area contributed by atoms with E-state index in [-0.39, 0.29) is 11.7 Å². The molecule has 10 nitrogen and oxygen atoms in total. The highest BCUT2D eigenvalue weighted by Crippen LogP contribution is 2.21. The fourth-order valence-corrected chi connectivity index (χ4v) is 3.66. The zero-order chi connectivity index (χ0) is 22.4. The van der Waals surface area contributed by atoms with Gasteiger partial charge in [0, 0.05) is 11.1 Å². The lowest BCUT2D eigenvalue weighted by molar-refractivity contribution is 0.0994. The maximum Gasteiger partial charge on any atom is 0.292 e. The Morgan fingerprint density at radius 3 is 2.81 bits per heavy atom. The number of aromatic nitrogens is 6. The molecule has 0 aliphatic carbocycles. The van der Waals surface area contributed by atoms with Gasteiger partial charge in [0.05, 0.1) is 17.6 Å². The molecule has 32 heavy (non-hydrogen) atoms. The van der Waals surface area contributed by atoms with Crippen LogP contribution in [-0.2, 0) is 0 Å². The van der Waals surface area contributed by atoms with Gasteiger partial charge in [-0.15, -0.1) is 0 Å². The van der Waals surface area contributed by atoms with Gasteiger partial charge >= 0.3 is 0 Å². The van der Waals surface area contributed by atoms with Crippen molar-refractivity contribution in [3.05, 3.63) is 80.2 Å². The molecule has 0 fully saturated rings. The smallest absolute Gasteiger partial charge is 0.292 e. The highest BCUT2D eigenvalue weighted by Gasteiger charge is 2.18. The maximum atomic E-state index is 12.7. The third kappa shape index (κ3) is 3.61. The molecule has 0 aliphatic rings. The van der Waals surface area contributed by atoms with E-state index >= 15 is 0 Å². The summed E-state index contributed by atoms with van der Waals surface area (Å²) in [6.45, 7) is 1.75. The lowest BCUT2D eigenvalue weighted by atomic mass is 10.3. The molecule has 12 heteroatoms. The number of hydrogen-bond donors (Lipinski definition) is 2. The number of rotatable bonds is 4. The van der Waals surface area contributed by atoms with Crippen LogP contribution in [-0.4, -0.2) is 35.4 Å². The van der Waals surface area contributed by atoms with Gasteiger partial charge in [-0.2, -0.15) is 19.9 Å². The Morgan fingerprint density at radius 2 is 2.06 bits per heavy atom. The van der Waals surface area contributed by atoms with E-state index in [4.69, 9.17) is 16.0 Å². The third-order valence-corrected chi connectivity index (χ3v) is 5.21. The first-order valence-electron chi connectivity index (χ1n) is 9.27. The van der Waals surface area contributed by atoms with Crippen molar-refractivity contribution in [2.75, 3.05) is 5.32 Å². The number of hydrogen-bond acceptors (Lipinski definition) is 6. The molecule has 1 amide bonds. The first-order valence-corrected chi connectivity index (χ1v) is 10.4. The van der Waals surface area contributed by atoms with E-state index in [1.165, 1.54) is 21.6 Å². The number of carbonyl (C=O) groups is 1. The summed E-state index contributed by atoms with van der Waals surface area (Å²) in [7, 11) is 0. The normalized spacial score (nSPS) is 11.2. The van der Waals surface area contributed by atoms with Gasteiger partial charge < -0.3 is 9.73 Å². The van der Waals surface area contributed by atoms with Crippen LogP contribution in [0.25, 0.3) is 22.7 Å². The molecule has 0 spiro atoms. The second kappa shape index (κ2) is 7.77. The second-order valence-corrected chi connectivity index (χ2v) is 8.02. The summed E-state index contributed by atoms with van der Waals surface area (Å²) in [5, 5.41) is 12.2. The lowest BCUT2D eigenvalue weighted by Gasteiger charge is -2.08. The Morgan fingerprint density at radius 1 is 1.22 bits per heavy atom. The van der Waals surface area contributed by atoms with E-state index < -0.39 is 11.5 Å². The number of anilines is 1. The van der Waals surface area contributed by atoms with Gasteiger partial charge in [-0.25, -0.2) is 4.68 Å². The number of aromatic amines is 1. The minimum atomic E-state index is -0.482. The first-order chi connectivity index (χ1) is 15.4. The predicted molar refractivity (Wildman–Crippen MR) is 121 cm³/mol. The SMILES string of the molecule is Cc1cc(NC(=O)c2ccc(Br)o2)n(-c2nc3c(cnn3-c3cccc(Cl)c3)c(=O)[nH]2)n1. The van der Waals surface area contributed by atoms with Gasteiger partial charge in [0.1, 0.15) is 11.2 Å². The largest absolute Gasteiger partial charge is 0.444 e. The molecule has 160 valence electrons. The van der Waals surface area contributed by atoms with E-state index in [2.05, 4.69) is 41.4 Å². The quantitative estimate of drug-likeness (QED) is 0.375. The summed E-state index contributed by atoms with van der Waals surface area (Å²) in [6, 6.07) is 11.8.